The van der Waals surface area contributed by atoms with Crippen molar-refractivity contribution in [3.63, 3.8) is 0 Å². The van der Waals surface area contributed by atoms with Crippen LogP contribution in [0.5, 0.6) is 0 Å². The number of furan rings is 1. The van der Waals surface area contributed by atoms with Gasteiger partial charge in [0.05, 0.1) is 23.7 Å². The smallest absolute Gasteiger partial charge is 0.251 e. The monoisotopic (exact) mass is 479 g/mol. The average Bonchev–Trinajstić information content (AvgIpc) is 3.50. The molecular formula is C29H41N3O3. The molecule has 1 unspecified atom stereocenters. The molecule has 6 heteroatoms. The number of rotatable bonds is 14. The number of benzene rings is 1. The van der Waals surface area contributed by atoms with Gasteiger partial charge in [0.15, 0.2) is 0 Å². The minimum atomic E-state index is -0.0760. The maximum atomic E-state index is 12.9. The van der Waals surface area contributed by atoms with E-state index in [1.54, 1.807) is 12.5 Å². The highest BCUT2D eigenvalue weighted by molar-refractivity contribution is 6.01. The zero-order valence-corrected chi connectivity index (χ0v) is 21.8. The summed E-state index contributed by atoms with van der Waals surface area (Å²) in [4.78, 5) is 25.8. The first-order valence-corrected chi connectivity index (χ1v) is 13.3. The van der Waals surface area contributed by atoms with Crippen LogP contribution in [0.25, 0.3) is 22.2 Å². The highest BCUT2D eigenvalue weighted by Gasteiger charge is 2.26. The summed E-state index contributed by atoms with van der Waals surface area (Å²) in [5.41, 5.74) is 4.77. The van der Waals surface area contributed by atoms with Crippen LogP contribution in [-0.2, 0) is 11.3 Å². The van der Waals surface area contributed by atoms with Gasteiger partial charge < -0.3 is 19.6 Å². The Hall–Kier alpha value is -3.02. The Morgan fingerprint density at radius 3 is 2.43 bits per heavy atom. The third-order valence-electron chi connectivity index (χ3n) is 6.66. The summed E-state index contributed by atoms with van der Waals surface area (Å²) >= 11 is 0. The highest BCUT2D eigenvalue weighted by Crippen LogP contribution is 2.42. The molecule has 1 atom stereocenters. The van der Waals surface area contributed by atoms with E-state index >= 15 is 0 Å². The van der Waals surface area contributed by atoms with Crippen LogP contribution in [0.2, 0.25) is 0 Å². The van der Waals surface area contributed by atoms with Gasteiger partial charge in [-0.05, 0) is 55.4 Å². The normalized spacial score (nSPS) is 12.1. The zero-order valence-electron chi connectivity index (χ0n) is 21.8. The van der Waals surface area contributed by atoms with E-state index in [0.29, 0.717) is 24.6 Å². The van der Waals surface area contributed by atoms with Crippen molar-refractivity contribution in [2.45, 2.75) is 85.1 Å². The molecule has 0 aliphatic carbocycles. The van der Waals surface area contributed by atoms with Crippen LogP contribution < -0.4 is 10.6 Å². The Bertz CT molecular complexity index is 1100. The minimum absolute atomic E-state index is 0.0283. The molecule has 0 bridgehead atoms. The Labute approximate surface area is 209 Å². The predicted molar refractivity (Wildman–Crippen MR) is 143 cm³/mol. The van der Waals surface area contributed by atoms with Gasteiger partial charge in [0.1, 0.15) is 6.54 Å². The van der Waals surface area contributed by atoms with Gasteiger partial charge in [-0.1, -0.05) is 53.0 Å². The predicted octanol–water partition coefficient (Wildman–Crippen LogP) is 6.64. The molecule has 0 saturated heterocycles. The highest BCUT2D eigenvalue weighted by atomic mass is 16.3. The SMILES string of the molecule is CCCCNC(=O)c1ccc2c(C(CC)CCCC)c(-c3ccoc3)n(CC(=O)NCCC)c2c1. The summed E-state index contributed by atoms with van der Waals surface area (Å²) < 4.78 is 7.56. The van der Waals surface area contributed by atoms with Crippen molar-refractivity contribution < 1.29 is 14.0 Å². The lowest BCUT2D eigenvalue weighted by Crippen LogP contribution is -2.28. The Kier molecular flexibility index (Phi) is 10.0. The number of nitrogens with one attached hydrogen (secondary N) is 2. The second-order valence-corrected chi connectivity index (χ2v) is 9.30. The average molecular weight is 480 g/mol. The molecular weight excluding hydrogens is 438 g/mol. The number of amides is 2. The second kappa shape index (κ2) is 13.2. The van der Waals surface area contributed by atoms with Gasteiger partial charge in [-0.15, -0.1) is 0 Å². The number of unbranched alkanes of at least 4 members (excludes halogenated alkanes) is 2. The van der Waals surface area contributed by atoms with Crippen LogP contribution in [0.1, 0.15) is 94.5 Å². The minimum Gasteiger partial charge on any atom is -0.472 e. The fraction of sp³-hybridized carbons (Fsp3) is 0.517. The van der Waals surface area contributed by atoms with Crippen molar-refractivity contribution in [3.8, 4) is 11.3 Å². The van der Waals surface area contributed by atoms with E-state index in [0.717, 1.165) is 67.1 Å². The molecule has 3 rings (SSSR count). The fourth-order valence-electron chi connectivity index (χ4n) is 4.75. The largest absolute Gasteiger partial charge is 0.472 e. The maximum absolute atomic E-state index is 12.9. The second-order valence-electron chi connectivity index (χ2n) is 9.30. The van der Waals surface area contributed by atoms with Crippen LogP contribution in [0.4, 0.5) is 0 Å². The molecule has 2 N–H and O–H groups in total. The van der Waals surface area contributed by atoms with E-state index in [1.807, 2.05) is 25.1 Å². The zero-order chi connectivity index (χ0) is 25.2. The van der Waals surface area contributed by atoms with E-state index in [9.17, 15) is 9.59 Å². The van der Waals surface area contributed by atoms with Crippen LogP contribution in [-0.4, -0.2) is 29.5 Å². The molecule has 2 aromatic heterocycles. The standard InChI is InChI=1S/C29H41N3O3/c1-5-9-11-21(8-4)27-24-13-12-22(29(34)31-16-10-6-2)18-25(24)32(19-26(33)30-15-7-3)28(27)23-14-17-35-20-23/h12-14,17-18,20-21H,5-11,15-16,19H2,1-4H3,(H,30,33)(H,31,34). The summed E-state index contributed by atoms with van der Waals surface area (Å²) in [5, 5.41) is 7.14. The Morgan fingerprint density at radius 2 is 1.77 bits per heavy atom. The van der Waals surface area contributed by atoms with Gasteiger partial charge in [0.25, 0.3) is 5.91 Å². The molecule has 0 aliphatic rings. The number of nitrogens with zero attached hydrogens (tertiary/aromatic N) is 1. The first-order valence-electron chi connectivity index (χ1n) is 13.3. The first-order chi connectivity index (χ1) is 17.0. The summed E-state index contributed by atoms with van der Waals surface area (Å²) in [5.74, 6) is 0.249. The van der Waals surface area contributed by atoms with E-state index in [2.05, 4.69) is 42.0 Å². The Morgan fingerprint density at radius 1 is 0.971 bits per heavy atom. The third-order valence-corrected chi connectivity index (χ3v) is 6.66. The fourth-order valence-corrected chi connectivity index (χ4v) is 4.75. The molecule has 3 aromatic rings. The van der Waals surface area contributed by atoms with Crippen LogP contribution in [0.15, 0.2) is 41.2 Å². The van der Waals surface area contributed by atoms with Crippen LogP contribution in [0.3, 0.4) is 0 Å². The van der Waals surface area contributed by atoms with E-state index < -0.39 is 0 Å². The maximum Gasteiger partial charge on any atom is 0.251 e. The van der Waals surface area contributed by atoms with Gasteiger partial charge in [0, 0.05) is 29.6 Å². The summed E-state index contributed by atoms with van der Waals surface area (Å²) in [6, 6.07) is 7.89. The summed E-state index contributed by atoms with van der Waals surface area (Å²) in [7, 11) is 0. The number of hydrogen-bond donors (Lipinski definition) is 2. The lowest BCUT2D eigenvalue weighted by atomic mass is 9.87. The van der Waals surface area contributed by atoms with Crippen molar-refractivity contribution in [3.05, 3.63) is 47.9 Å². The van der Waals surface area contributed by atoms with Crippen molar-refractivity contribution in [2.75, 3.05) is 13.1 Å². The number of carbonyl (C=O) groups excluding carboxylic acids is 2. The van der Waals surface area contributed by atoms with Crippen molar-refractivity contribution in [2.24, 2.45) is 0 Å². The molecule has 0 radical (unpaired) electrons. The van der Waals surface area contributed by atoms with Crippen LogP contribution in [0, 0.1) is 0 Å². The lowest BCUT2D eigenvalue weighted by Gasteiger charge is -2.18. The third kappa shape index (κ3) is 6.36. The summed E-state index contributed by atoms with van der Waals surface area (Å²) in [6.45, 7) is 10.1. The molecule has 190 valence electrons. The quantitative estimate of drug-likeness (QED) is 0.254. The molecule has 35 heavy (non-hydrogen) atoms. The van der Waals surface area contributed by atoms with E-state index in [1.165, 1.54) is 5.56 Å². The molecule has 6 nitrogen and oxygen atoms in total. The van der Waals surface area contributed by atoms with E-state index in [4.69, 9.17) is 4.42 Å². The summed E-state index contributed by atoms with van der Waals surface area (Å²) in [6.07, 6.45) is 10.7. The molecule has 0 aliphatic heterocycles. The van der Waals surface area contributed by atoms with Gasteiger partial charge in [-0.25, -0.2) is 0 Å². The first kappa shape index (κ1) is 26.6. The molecule has 0 spiro atoms. The topological polar surface area (TPSA) is 76.3 Å². The van der Waals surface area contributed by atoms with Gasteiger partial charge in [-0.2, -0.15) is 0 Å². The molecule has 2 heterocycles. The number of fused-ring (bicyclic) bond motifs is 1. The van der Waals surface area contributed by atoms with Gasteiger partial charge in [0.2, 0.25) is 5.91 Å². The number of carbonyl (C=O) groups is 2. The van der Waals surface area contributed by atoms with Crippen molar-refractivity contribution in [1.29, 1.82) is 0 Å². The van der Waals surface area contributed by atoms with Crippen LogP contribution >= 0.6 is 0 Å². The van der Waals surface area contributed by atoms with E-state index in [-0.39, 0.29) is 18.4 Å². The molecule has 2 amide bonds. The van der Waals surface area contributed by atoms with Gasteiger partial charge in [-0.3, -0.25) is 9.59 Å². The van der Waals surface area contributed by atoms with Crippen molar-refractivity contribution in [1.82, 2.24) is 15.2 Å². The Balaban J connectivity index is 2.19. The number of hydrogen-bond acceptors (Lipinski definition) is 3. The lowest BCUT2D eigenvalue weighted by molar-refractivity contribution is -0.121. The molecule has 0 fully saturated rings. The van der Waals surface area contributed by atoms with Gasteiger partial charge >= 0.3 is 0 Å². The van der Waals surface area contributed by atoms with Crippen molar-refractivity contribution >= 4 is 22.7 Å². The molecule has 1 aromatic carbocycles. The molecule has 0 saturated carbocycles. The number of aromatic nitrogens is 1.